The van der Waals surface area contributed by atoms with Crippen LogP contribution in [0.5, 0.6) is 0 Å². The molecule has 0 radical (unpaired) electrons. The topological polar surface area (TPSA) is 59.1 Å². The molecular formula is C22H18N2O2S. The van der Waals surface area contributed by atoms with E-state index >= 15 is 0 Å². The Bertz CT molecular complexity index is 1120. The average Bonchev–Trinajstić information content (AvgIpc) is 2.73. The molecule has 0 aliphatic heterocycles. The normalized spacial score (nSPS) is 11.7. The van der Waals surface area contributed by atoms with Gasteiger partial charge >= 0.3 is 0 Å². The lowest BCUT2D eigenvalue weighted by Gasteiger charge is -2.20. The summed E-state index contributed by atoms with van der Waals surface area (Å²) in [5.74, 6) is 0. The molecule has 27 heavy (non-hydrogen) atoms. The van der Waals surface area contributed by atoms with Gasteiger partial charge in [-0.15, -0.1) is 0 Å². The minimum Gasteiger partial charge on any atom is -0.255 e. The first-order valence-electron chi connectivity index (χ1n) is 8.61. The van der Waals surface area contributed by atoms with Crippen LogP contribution in [-0.2, 0) is 10.0 Å². The largest absolute Gasteiger partial charge is 0.255 e. The molecule has 4 rings (SSSR count). The minimum absolute atomic E-state index is 0.178. The molecule has 0 atom stereocenters. The Hall–Kier alpha value is -3.02. The van der Waals surface area contributed by atoms with Crippen LogP contribution in [0.4, 0.5) is 0 Å². The Morgan fingerprint density at radius 3 is 1.93 bits per heavy atom. The van der Waals surface area contributed by atoms with Crippen molar-refractivity contribution < 1.29 is 8.42 Å². The van der Waals surface area contributed by atoms with Gasteiger partial charge in [0, 0.05) is 11.6 Å². The van der Waals surface area contributed by atoms with Crippen molar-refractivity contribution in [1.29, 1.82) is 0 Å². The Morgan fingerprint density at radius 1 is 0.704 bits per heavy atom. The van der Waals surface area contributed by atoms with Crippen LogP contribution in [-0.4, -0.2) is 13.4 Å². The number of aromatic nitrogens is 1. The molecule has 3 aromatic carbocycles. The number of nitrogens with one attached hydrogen (secondary N) is 1. The highest BCUT2D eigenvalue weighted by Gasteiger charge is 2.24. The molecule has 0 saturated carbocycles. The van der Waals surface area contributed by atoms with Gasteiger partial charge in [0.15, 0.2) is 0 Å². The van der Waals surface area contributed by atoms with Crippen LogP contribution < -0.4 is 4.72 Å². The second-order valence-corrected chi connectivity index (χ2v) is 7.89. The fourth-order valence-corrected chi connectivity index (χ4v) is 4.52. The maximum absolute atomic E-state index is 13.3. The molecule has 0 aliphatic rings. The van der Waals surface area contributed by atoms with Crippen molar-refractivity contribution in [2.24, 2.45) is 0 Å². The van der Waals surface area contributed by atoms with Gasteiger partial charge in [-0.3, -0.25) is 4.98 Å². The number of hydrogen-bond acceptors (Lipinski definition) is 3. The lowest BCUT2D eigenvalue weighted by Crippen LogP contribution is -2.29. The molecule has 0 saturated heterocycles. The van der Waals surface area contributed by atoms with E-state index in [1.54, 1.807) is 24.4 Å². The number of pyridine rings is 1. The second-order valence-electron chi connectivity index (χ2n) is 6.21. The van der Waals surface area contributed by atoms with Crippen LogP contribution in [0, 0.1) is 0 Å². The molecule has 0 unspecified atom stereocenters. The Kier molecular flexibility index (Phi) is 4.71. The summed E-state index contributed by atoms with van der Waals surface area (Å²) in [5.41, 5.74) is 2.22. The number of benzene rings is 3. The van der Waals surface area contributed by atoms with Gasteiger partial charge in [0.25, 0.3) is 0 Å². The number of fused-ring (bicyclic) bond motifs is 1. The Balaban J connectivity index is 1.81. The highest BCUT2D eigenvalue weighted by Crippen LogP contribution is 2.26. The zero-order valence-corrected chi connectivity index (χ0v) is 15.3. The third-order valence-electron chi connectivity index (χ3n) is 4.42. The van der Waals surface area contributed by atoms with Gasteiger partial charge in [0.1, 0.15) is 4.90 Å². The number of sulfonamides is 1. The fraction of sp³-hybridized carbons (Fsp3) is 0.0455. The molecule has 4 aromatic rings. The summed E-state index contributed by atoms with van der Waals surface area (Å²) in [4.78, 5) is 4.46. The van der Waals surface area contributed by atoms with Crippen LogP contribution >= 0.6 is 0 Å². The molecule has 4 nitrogen and oxygen atoms in total. The Labute approximate surface area is 158 Å². The Morgan fingerprint density at radius 2 is 1.30 bits per heavy atom. The number of hydrogen-bond donors (Lipinski definition) is 1. The molecule has 134 valence electrons. The third kappa shape index (κ3) is 3.60. The zero-order chi connectivity index (χ0) is 18.7. The highest BCUT2D eigenvalue weighted by molar-refractivity contribution is 7.89. The smallest absolute Gasteiger partial charge is 0.243 e. The van der Waals surface area contributed by atoms with Crippen LogP contribution in [0.2, 0.25) is 0 Å². The van der Waals surface area contributed by atoms with Gasteiger partial charge in [-0.25, -0.2) is 8.42 Å². The van der Waals surface area contributed by atoms with Gasteiger partial charge in [-0.05, 0) is 23.3 Å². The lowest BCUT2D eigenvalue weighted by molar-refractivity contribution is 0.573. The third-order valence-corrected chi connectivity index (χ3v) is 5.88. The minimum atomic E-state index is -3.79. The van der Waals surface area contributed by atoms with Crippen molar-refractivity contribution in [3.63, 3.8) is 0 Å². The molecule has 0 amide bonds. The van der Waals surface area contributed by atoms with Crippen LogP contribution in [0.1, 0.15) is 17.2 Å². The van der Waals surface area contributed by atoms with E-state index in [9.17, 15) is 8.42 Å². The van der Waals surface area contributed by atoms with E-state index in [-0.39, 0.29) is 4.90 Å². The van der Waals surface area contributed by atoms with E-state index < -0.39 is 16.1 Å². The predicted octanol–water partition coefficient (Wildman–Crippen LogP) is 4.30. The summed E-state index contributed by atoms with van der Waals surface area (Å²) in [6, 6.07) is 27.4. The fourth-order valence-electron chi connectivity index (χ4n) is 3.13. The van der Waals surface area contributed by atoms with E-state index in [0.717, 1.165) is 16.5 Å². The summed E-state index contributed by atoms with van der Waals surface area (Å²) in [5, 5.41) is 0.788. The molecule has 1 N–H and O–H groups in total. The molecule has 0 aliphatic carbocycles. The molecule has 0 spiro atoms. The van der Waals surface area contributed by atoms with E-state index in [1.165, 1.54) is 0 Å². The van der Waals surface area contributed by atoms with E-state index in [1.807, 2.05) is 72.8 Å². The summed E-state index contributed by atoms with van der Waals surface area (Å²) in [6.07, 6.45) is 1.60. The molecular weight excluding hydrogens is 356 g/mol. The summed E-state index contributed by atoms with van der Waals surface area (Å²) in [6.45, 7) is 0. The molecule has 0 fully saturated rings. The van der Waals surface area contributed by atoms with Crippen molar-refractivity contribution >= 4 is 20.9 Å². The van der Waals surface area contributed by atoms with Gasteiger partial charge in [-0.2, -0.15) is 4.72 Å². The first kappa shape index (κ1) is 17.4. The predicted molar refractivity (Wildman–Crippen MR) is 107 cm³/mol. The van der Waals surface area contributed by atoms with Gasteiger partial charge in [-0.1, -0.05) is 78.9 Å². The number of rotatable bonds is 5. The SMILES string of the molecule is O=S(=O)(NC(c1ccccc1)c1ccccc1)c1cccc2cccnc12. The van der Waals surface area contributed by atoms with Crippen molar-refractivity contribution in [1.82, 2.24) is 9.71 Å². The van der Waals surface area contributed by atoms with E-state index in [0.29, 0.717) is 5.52 Å². The maximum atomic E-state index is 13.3. The quantitative estimate of drug-likeness (QED) is 0.566. The van der Waals surface area contributed by atoms with Crippen molar-refractivity contribution in [3.05, 3.63) is 108 Å². The second kappa shape index (κ2) is 7.31. The highest BCUT2D eigenvalue weighted by atomic mass is 32.2. The van der Waals surface area contributed by atoms with Crippen LogP contribution in [0.15, 0.2) is 102 Å². The molecule has 1 heterocycles. The first-order valence-corrected chi connectivity index (χ1v) is 10.1. The van der Waals surface area contributed by atoms with E-state index in [4.69, 9.17) is 0 Å². The van der Waals surface area contributed by atoms with Crippen molar-refractivity contribution in [3.8, 4) is 0 Å². The first-order chi connectivity index (χ1) is 13.1. The maximum Gasteiger partial charge on any atom is 0.243 e. The monoisotopic (exact) mass is 374 g/mol. The van der Waals surface area contributed by atoms with Gasteiger partial charge in [0.2, 0.25) is 10.0 Å². The molecule has 1 aromatic heterocycles. The van der Waals surface area contributed by atoms with Gasteiger partial charge in [0.05, 0.1) is 11.6 Å². The number of nitrogens with zero attached hydrogens (tertiary/aromatic N) is 1. The van der Waals surface area contributed by atoms with Gasteiger partial charge < -0.3 is 0 Å². The zero-order valence-electron chi connectivity index (χ0n) is 14.5. The summed E-state index contributed by atoms with van der Waals surface area (Å²) in [7, 11) is -3.79. The summed E-state index contributed by atoms with van der Waals surface area (Å²) < 4.78 is 29.4. The van der Waals surface area contributed by atoms with Crippen molar-refractivity contribution in [2.45, 2.75) is 10.9 Å². The molecule has 0 bridgehead atoms. The molecule has 5 heteroatoms. The lowest BCUT2D eigenvalue weighted by atomic mass is 10.00. The van der Waals surface area contributed by atoms with Crippen LogP contribution in [0.25, 0.3) is 10.9 Å². The standard InChI is InChI=1S/C22H18N2O2S/c25-27(26,20-15-7-13-19-14-8-16-23-22(19)20)24-21(17-9-3-1-4-10-17)18-11-5-2-6-12-18/h1-16,21,24H. The number of para-hydroxylation sites is 1. The van der Waals surface area contributed by atoms with E-state index in [2.05, 4.69) is 9.71 Å². The summed E-state index contributed by atoms with van der Waals surface area (Å²) >= 11 is 0. The van der Waals surface area contributed by atoms with Crippen LogP contribution in [0.3, 0.4) is 0 Å². The van der Waals surface area contributed by atoms with Crippen molar-refractivity contribution in [2.75, 3.05) is 0 Å². The average molecular weight is 374 g/mol.